The van der Waals surface area contributed by atoms with Gasteiger partial charge in [-0.1, -0.05) is 43.1 Å². The molecule has 0 aromatic carbocycles. The lowest BCUT2D eigenvalue weighted by Crippen LogP contribution is -2.22. The molecule has 0 amide bonds. The fraction of sp³-hybridized carbons (Fsp3) is 1.00. The molecule has 2 nitrogen and oxygen atoms in total. The molecule has 1 atom stereocenters. The lowest BCUT2D eigenvalue weighted by atomic mass is 10.1. The molecule has 0 aromatic heterocycles. The van der Waals surface area contributed by atoms with E-state index < -0.39 is 9.84 Å². The third-order valence-corrected chi connectivity index (χ3v) is 5.06. The fourth-order valence-corrected chi connectivity index (χ4v) is 4.56. The van der Waals surface area contributed by atoms with E-state index in [2.05, 4.69) is 22.9 Å². The summed E-state index contributed by atoms with van der Waals surface area (Å²) < 4.78 is 23.3. The zero-order valence-electron chi connectivity index (χ0n) is 9.29. The summed E-state index contributed by atoms with van der Waals surface area (Å²) >= 11 is 3.37. The molecule has 0 rings (SSSR count). The summed E-state index contributed by atoms with van der Waals surface area (Å²) in [4.78, 5) is 0. The maximum absolute atomic E-state index is 11.7. The van der Waals surface area contributed by atoms with Gasteiger partial charge in [0.25, 0.3) is 0 Å². The van der Waals surface area contributed by atoms with Crippen molar-refractivity contribution in [3.8, 4) is 0 Å². The molecule has 4 heteroatoms. The summed E-state index contributed by atoms with van der Waals surface area (Å²) in [5.74, 6) is 1.17. The highest BCUT2D eigenvalue weighted by molar-refractivity contribution is 9.09. The van der Waals surface area contributed by atoms with E-state index in [0.29, 0.717) is 11.5 Å². The van der Waals surface area contributed by atoms with Gasteiger partial charge in [-0.2, -0.15) is 0 Å². The van der Waals surface area contributed by atoms with Crippen molar-refractivity contribution >= 4 is 25.8 Å². The molecule has 0 radical (unpaired) electrons. The summed E-state index contributed by atoms with van der Waals surface area (Å²) in [5.41, 5.74) is 0. The molecule has 0 aliphatic heterocycles. The quantitative estimate of drug-likeness (QED) is 0.674. The van der Waals surface area contributed by atoms with Crippen LogP contribution in [-0.4, -0.2) is 25.3 Å². The second kappa shape index (κ2) is 6.83. The third-order valence-electron chi connectivity index (χ3n) is 1.99. The van der Waals surface area contributed by atoms with Gasteiger partial charge in [0.05, 0.1) is 11.5 Å². The van der Waals surface area contributed by atoms with E-state index in [9.17, 15) is 8.42 Å². The predicted molar refractivity (Wildman–Crippen MR) is 65.7 cm³/mol. The normalized spacial score (nSPS) is 14.6. The van der Waals surface area contributed by atoms with Crippen molar-refractivity contribution in [1.29, 1.82) is 0 Å². The van der Waals surface area contributed by atoms with Crippen LogP contribution in [0.1, 0.15) is 33.6 Å². The van der Waals surface area contributed by atoms with Gasteiger partial charge >= 0.3 is 0 Å². The van der Waals surface area contributed by atoms with E-state index in [0.717, 1.165) is 18.2 Å². The monoisotopic (exact) mass is 284 g/mol. The van der Waals surface area contributed by atoms with Gasteiger partial charge in [-0.15, -0.1) is 0 Å². The fourth-order valence-electron chi connectivity index (χ4n) is 1.55. The van der Waals surface area contributed by atoms with Crippen LogP contribution in [0.4, 0.5) is 0 Å². The predicted octanol–water partition coefficient (Wildman–Crippen LogP) is 2.87. The highest BCUT2D eigenvalue weighted by Gasteiger charge is 2.18. The zero-order chi connectivity index (χ0) is 11.2. The van der Waals surface area contributed by atoms with Crippen LogP contribution >= 0.6 is 15.9 Å². The Bertz CT molecular complexity index is 235. The first kappa shape index (κ1) is 14.4. The largest absolute Gasteiger partial charge is 0.229 e. The van der Waals surface area contributed by atoms with Gasteiger partial charge in [0.1, 0.15) is 0 Å². The van der Waals surface area contributed by atoms with Crippen molar-refractivity contribution in [1.82, 2.24) is 0 Å². The summed E-state index contributed by atoms with van der Waals surface area (Å²) in [6.07, 6.45) is 2.04. The Morgan fingerprint density at radius 3 is 2.14 bits per heavy atom. The van der Waals surface area contributed by atoms with Gasteiger partial charge in [0.15, 0.2) is 9.84 Å². The first-order valence-corrected chi connectivity index (χ1v) is 8.12. The van der Waals surface area contributed by atoms with Gasteiger partial charge in [-0.3, -0.25) is 0 Å². The van der Waals surface area contributed by atoms with E-state index in [1.54, 1.807) is 0 Å². The van der Waals surface area contributed by atoms with Gasteiger partial charge in [0.2, 0.25) is 0 Å². The number of hydrogen-bond acceptors (Lipinski definition) is 2. The average molecular weight is 285 g/mol. The highest BCUT2D eigenvalue weighted by atomic mass is 79.9. The van der Waals surface area contributed by atoms with Crippen molar-refractivity contribution < 1.29 is 8.42 Å². The van der Waals surface area contributed by atoms with Crippen LogP contribution in [0.15, 0.2) is 0 Å². The lowest BCUT2D eigenvalue weighted by molar-refractivity contribution is 0.544. The Hall–Kier alpha value is 0.430. The maximum atomic E-state index is 11.7. The Morgan fingerprint density at radius 1 is 1.21 bits per heavy atom. The maximum Gasteiger partial charge on any atom is 0.150 e. The molecule has 0 bridgehead atoms. The molecule has 0 saturated carbocycles. The highest BCUT2D eigenvalue weighted by Crippen LogP contribution is 2.14. The van der Waals surface area contributed by atoms with Crippen molar-refractivity contribution in [3.05, 3.63) is 0 Å². The Labute approximate surface area is 96.5 Å². The van der Waals surface area contributed by atoms with Crippen LogP contribution in [0.25, 0.3) is 0 Å². The molecule has 0 aromatic rings. The molecule has 0 aliphatic carbocycles. The van der Waals surface area contributed by atoms with Gasteiger partial charge in [-0.25, -0.2) is 8.42 Å². The molecule has 0 heterocycles. The Morgan fingerprint density at radius 2 is 1.79 bits per heavy atom. The first-order valence-electron chi connectivity index (χ1n) is 5.17. The van der Waals surface area contributed by atoms with E-state index in [-0.39, 0.29) is 11.8 Å². The molecule has 14 heavy (non-hydrogen) atoms. The second-order valence-electron chi connectivity index (χ2n) is 4.28. The standard InChI is InChI=1S/C10H21BrO2S/c1-4-5-10(6-11)8-14(12,13)7-9(2)3/h9-10H,4-8H2,1-3H3. The summed E-state index contributed by atoms with van der Waals surface area (Å²) in [6, 6.07) is 0. The molecule has 0 N–H and O–H groups in total. The molecule has 0 aliphatic rings. The van der Waals surface area contributed by atoms with E-state index in [4.69, 9.17) is 0 Å². The van der Waals surface area contributed by atoms with Gasteiger partial charge in [-0.05, 0) is 18.3 Å². The van der Waals surface area contributed by atoms with Crippen LogP contribution in [0.2, 0.25) is 0 Å². The van der Waals surface area contributed by atoms with Crippen molar-refractivity contribution in [2.24, 2.45) is 11.8 Å². The summed E-state index contributed by atoms with van der Waals surface area (Å²) in [7, 11) is -2.84. The van der Waals surface area contributed by atoms with E-state index in [1.165, 1.54) is 0 Å². The molecular formula is C10H21BrO2S. The van der Waals surface area contributed by atoms with Crippen molar-refractivity contribution in [2.45, 2.75) is 33.6 Å². The van der Waals surface area contributed by atoms with Crippen LogP contribution in [-0.2, 0) is 9.84 Å². The number of sulfone groups is 1. The van der Waals surface area contributed by atoms with Crippen LogP contribution in [0.5, 0.6) is 0 Å². The van der Waals surface area contributed by atoms with Crippen LogP contribution in [0.3, 0.4) is 0 Å². The van der Waals surface area contributed by atoms with Gasteiger partial charge in [0, 0.05) is 5.33 Å². The topological polar surface area (TPSA) is 34.1 Å². The van der Waals surface area contributed by atoms with Gasteiger partial charge < -0.3 is 0 Å². The molecule has 1 unspecified atom stereocenters. The van der Waals surface area contributed by atoms with Crippen molar-refractivity contribution in [3.63, 3.8) is 0 Å². The Balaban J connectivity index is 4.18. The number of hydrogen-bond donors (Lipinski definition) is 0. The van der Waals surface area contributed by atoms with Crippen LogP contribution in [0, 0.1) is 11.8 Å². The molecule has 86 valence electrons. The molecule has 0 saturated heterocycles. The number of rotatable bonds is 7. The minimum absolute atomic E-state index is 0.234. The van der Waals surface area contributed by atoms with Crippen LogP contribution < -0.4 is 0 Å². The molecular weight excluding hydrogens is 264 g/mol. The summed E-state index contributed by atoms with van der Waals surface area (Å²) in [5, 5.41) is 0.790. The third kappa shape index (κ3) is 6.82. The zero-order valence-corrected chi connectivity index (χ0v) is 11.7. The second-order valence-corrected chi connectivity index (χ2v) is 7.08. The first-order chi connectivity index (χ1) is 6.41. The number of alkyl halides is 1. The van der Waals surface area contributed by atoms with E-state index in [1.807, 2.05) is 13.8 Å². The molecule has 0 fully saturated rings. The number of halogens is 1. The Kier molecular flexibility index (Phi) is 7.04. The minimum Gasteiger partial charge on any atom is -0.229 e. The lowest BCUT2D eigenvalue weighted by Gasteiger charge is -2.14. The average Bonchev–Trinajstić information content (AvgIpc) is 2.00. The molecule has 0 spiro atoms. The minimum atomic E-state index is -2.84. The smallest absolute Gasteiger partial charge is 0.150 e. The SMILES string of the molecule is CCCC(CBr)CS(=O)(=O)CC(C)C. The van der Waals surface area contributed by atoms with Crippen molar-refractivity contribution in [2.75, 3.05) is 16.8 Å². The van der Waals surface area contributed by atoms with E-state index >= 15 is 0 Å². The summed E-state index contributed by atoms with van der Waals surface area (Å²) in [6.45, 7) is 5.98.